The predicted molar refractivity (Wildman–Crippen MR) is 34.3 cm³/mol. The maximum Gasteiger partial charge on any atom is 0.443 e. The van der Waals surface area contributed by atoms with Crippen LogP contribution < -0.4 is 5.32 Å². The van der Waals surface area contributed by atoms with E-state index in [1.807, 2.05) is 0 Å². The maximum absolute atomic E-state index is 12.0. The third-order valence-corrected chi connectivity index (χ3v) is 1.95. The van der Waals surface area contributed by atoms with Crippen molar-refractivity contribution < 1.29 is 28.2 Å². The molecule has 0 aliphatic carbocycles. The summed E-state index contributed by atoms with van der Waals surface area (Å²) in [5.41, 5.74) is 0. The fourth-order valence-corrected chi connectivity index (χ4v) is 1.18. The predicted octanol–water partition coefficient (Wildman–Crippen LogP) is -0.634. The van der Waals surface area contributed by atoms with Gasteiger partial charge in [-0.2, -0.15) is 13.2 Å². The van der Waals surface area contributed by atoms with Crippen molar-refractivity contribution in [1.82, 2.24) is 5.32 Å². The zero-order chi connectivity index (χ0) is 10.3. The van der Waals surface area contributed by atoms with E-state index in [0.29, 0.717) is 0 Å². The quantitative estimate of drug-likeness (QED) is 0.492. The van der Waals surface area contributed by atoms with Crippen LogP contribution in [0.2, 0.25) is 0 Å². The highest BCUT2D eigenvalue weighted by Gasteiger charge is 2.61. The molecule has 1 saturated heterocycles. The number of nitrogens with one attached hydrogen (secondary N) is 1. The van der Waals surface area contributed by atoms with Crippen molar-refractivity contribution in [3.63, 3.8) is 0 Å². The molecule has 1 fully saturated rings. The molecule has 76 valence electrons. The van der Waals surface area contributed by atoms with Crippen LogP contribution in [-0.2, 0) is 4.79 Å². The van der Waals surface area contributed by atoms with Crippen LogP contribution in [0.4, 0.5) is 13.2 Å². The molecule has 13 heavy (non-hydrogen) atoms. The first kappa shape index (κ1) is 10.3. The van der Waals surface area contributed by atoms with Crippen LogP contribution in [0.3, 0.4) is 0 Å². The molecule has 0 aromatic heterocycles. The minimum atomic E-state index is -5.21. The van der Waals surface area contributed by atoms with Crippen LogP contribution in [-0.4, -0.2) is 34.6 Å². The summed E-state index contributed by atoms with van der Waals surface area (Å²) >= 11 is 0. The molecule has 0 spiro atoms. The minimum Gasteiger partial charge on any atom is -0.358 e. The largest absolute Gasteiger partial charge is 0.443 e. The molecule has 1 amide bonds. The topological polar surface area (TPSA) is 69.6 Å². The molecule has 1 atom stereocenters. The SMILES string of the molecule is O=C1NCCC1C(O)(O)C(F)(F)F. The summed E-state index contributed by atoms with van der Waals surface area (Å²) in [5.74, 6) is -6.73. The summed E-state index contributed by atoms with van der Waals surface area (Å²) in [6, 6.07) is 0. The van der Waals surface area contributed by atoms with E-state index >= 15 is 0 Å². The highest BCUT2D eigenvalue weighted by atomic mass is 19.4. The van der Waals surface area contributed by atoms with E-state index in [0.717, 1.165) is 0 Å². The molecule has 4 nitrogen and oxygen atoms in total. The third-order valence-electron chi connectivity index (χ3n) is 1.95. The molecule has 1 aliphatic heterocycles. The van der Waals surface area contributed by atoms with Gasteiger partial charge in [0.1, 0.15) is 5.92 Å². The molecule has 1 rings (SSSR count). The Morgan fingerprint density at radius 1 is 1.38 bits per heavy atom. The maximum atomic E-state index is 12.0. The fourth-order valence-electron chi connectivity index (χ4n) is 1.18. The number of amides is 1. The van der Waals surface area contributed by atoms with E-state index in [-0.39, 0.29) is 13.0 Å². The Hall–Kier alpha value is -0.820. The normalized spacial score (nSPS) is 24.7. The monoisotopic (exact) mass is 199 g/mol. The summed E-state index contributed by atoms with van der Waals surface area (Å²) in [4.78, 5) is 10.7. The molecule has 0 bridgehead atoms. The molecular weight excluding hydrogens is 191 g/mol. The van der Waals surface area contributed by atoms with Gasteiger partial charge in [0, 0.05) is 6.54 Å². The Labute approximate surface area is 71.4 Å². The Bertz CT molecular complexity index is 226. The van der Waals surface area contributed by atoms with E-state index in [9.17, 15) is 18.0 Å². The van der Waals surface area contributed by atoms with E-state index < -0.39 is 23.8 Å². The van der Waals surface area contributed by atoms with Crippen LogP contribution >= 0.6 is 0 Å². The number of alkyl halides is 3. The van der Waals surface area contributed by atoms with Gasteiger partial charge in [-0.15, -0.1) is 0 Å². The number of carbonyl (C=O) groups excluding carboxylic acids is 1. The standard InChI is InChI=1S/C6H8F3NO3/c7-6(8,9)5(12,13)3-1-2-10-4(3)11/h3,12-13H,1-2H2,(H,10,11). The van der Waals surface area contributed by atoms with Crippen molar-refractivity contribution in [3.8, 4) is 0 Å². The van der Waals surface area contributed by atoms with Crippen LogP contribution in [0.25, 0.3) is 0 Å². The van der Waals surface area contributed by atoms with E-state index in [2.05, 4.69) is 5.32 Å². The second kappa shape index (κ2) is 2.85. The lowest BCUT2D eigenvalue weighted by atomic mass is 9.97. The summed E-state index contributed by atoms with van der Waals surface area (Å²) in [5, 5.41) is 19.5. The van der Waals surface area contributed by atoms with Crippen molar-refractivity contribution in [3.05, 3.63) is 0 Å². The van der Waals surface area contributed by atoms with Crippen LogP contribution in [0.5, 0.6) is 0 Å². The molecule has 0 aromatic rings. The second-order valence-electron chi connectivity index (χ2n) is 2.86. The van der Waals surface area contributed by atoms with E-state index in [1.54, 1.807) is 0 Å². The average molecular weight is 199 g/mol. The highest BCUT2D eigenvalue weighted by molar-refractivity contribution is 5.81. The number of rotatable bonds is 1. The minimum absolute atomic E-state index is 0.0302. The number of aliphatic hydroxyl groups is 2. The van der Waals surface area contributed by atoms with Gasteiger partial charge in [-0.3, -0.25) is 4.79 Å². The van der Waals surface area contributed by atoms with Gasteiger partial charge < -0.3 is 15.5 Å². The summed E-state index contributed by atoms with van der Waals surface area (Å²) in [7, 11) is 0. The van der Waals surface area contributed by atoms with Crippen LogP contribution in [0.15, 0.2) is 0 Å². The molecule has 0 radical (unpaired) electrons. The lowest BCUT2D eigenvalue weighted by Gasteiger charge is -2.28. The molecular formula is C6H8F3NO3. The lowest BCUT2D eigenvalue weighted by Crippen LogP contribution is -2.53. The zero-order valence-electron chi connectivity index (χ0n) is 6.43. The fraction of sp³-hybridized carbons (Fsp3) is 0.833. The molecule has 7 heteroatoms. The number of carbonyl (C=O) groups is 1. The molecule has 0 saturated carbocycles. The first-order chi connectivity index (χ1) is 5.77. The van der Waals surface area contributed by atoms with E-state index in [4.69, 9.17) is 10.2 Å². The number of hydrogen-bond acceptors (Lipinski definition) is 3. The van der Waals surface area contributed by atoms with Crippen molar-refractivity contribution in [1.29, 1.82) is 0 Å². The smallest absolute Gasteiger partial charge is 0.358 e. The summed E-state index contributed by atoms with van der Waals surface area (Å²) in [6.45, 7) is 0.0302. The Morgan fingerprint density at radius 2 is 1.92 bits per heavy atom. The van der Waals surface area contributed by atoms with E-state index in [1.165, 1.54) is 0 Å². The van der Waals surface area contributed by atoms with Gasteiger partial charge in [-0.25, -0.2) is 0 Å². The molecule has 1 aliphatic rings. The van der Waals surface area contributed by atoms with Gasteiger partial charge in [0.05, 0.1) is 0 Å². The summed E-state index contributed by atoms with van der Waals surface area (Å²) in [6.07, 6.45) is -5.44. The molecule has 0 aromatic carbocycles. The van der Waals surface area contributed by atoms with Gasteiger partial charge in [0.15, 0.2) is 0 Å². The first-order valence-corrected chi connectivity index (χ1v) is 3.56. The number of halogens is 3. The van der Waals surface area contributed by atoms with Gasteiger partial charge in [0.25, 0.3) is 5.79 Å². The molecule has 3 N–H and O–H groups in total. The van der Waals surface area contributed by atoms with Crippen molar-refractivity contribution in [2.24, 2.45) is 5.92 Å². The van der Waals surface area contributed by atoms with Gasteiger partial charge in [-0.05, 0) is 6.42 Å². The second-order valence-corrected chi connectivity index (χ2v) is 2.86. The third kappa shape index (κ3) is 1.61. The van der Waals surface area contributed by atoms with Crippen LogP contribution in [0.1, 0.15) is 6.42 Å². The van der Waals surface area contributed by atoms with Gasteiger partial charge in [-0.1, -0.05) is 0 Å². The Kier molecular flexibility index (Phi) is 2.25. The van der Waals surface area contributed by atoms with Crippen LogP contribution in [0, 0.1) is 5.92 Å². The van der Waals surface area contributed by atoms with Crippen molar-refractivity contribution in [2.45, 2.75) is 18.4 Å². The Balaban J connectivity index is 2.86. The molecule has 1 heterocycles. The zero-order valence-corrected chi connectivity index (χ0v) is 6.43. The van der Waals surface area contributed by atoms with Crippen molar-refractivity contribution in [2.75, 3.05) is 6.54 Å². The first-order valence-electron chi connectivity index (χ1n) is 3.56. The molecule has 1 unspecified atom stereocenters. The number of hydrogen-bond donors (Lipinski definition) is 3. The van der Waals surface area contributed by atoms with Crippen molar-refractivity contribution >= 4 is 5.91 Å². The van der Waals surface area contributed by atoms with Gasteiger partial charge in [0.2, 0.25) is 5.91 Å². The lowest BCUT2D eigenvalue weighted by molar-refractivity contribution is -0.363. The summed E-state index contributed by atoms with van der Waals surface area (Å²) < 4.78 is 35.9. The highest BCUT2D eigenvalue weighted by Crippen LogP contribution is 2.36. The Morgan fingerprint density at radius 3 is 2.23 bits per heavy atom. The average Bonchev–Trinajstić information content (AvgIpc) is 2.32. The van der Waals surface area contributed by atoms with Gasteiger partial charge >= 0.3 is 6.18 Å².